The quantitative estimate of drug-likeness (QED) is 0.159. The van der Waals surface area contributed by atoms with Crippen LogP contribution in [0, 0.1) is 0 Å². The molecule has 0 fully saturated rings. The highest BCUT2D eigenvalue weighted by Gasteiger charge is 1.86. The van der Waals surface area contributed by atoms with E-state index in [1.807, 2.05) is 156 Å². The first-order valence-corrected chi connectivity index (χ1v) is 18.4. The highest BCUT2D eigenvalue weighted by molar-refractivity contribution is 5.82. The predicted octanol–water partition coefficient (Wildman–Crippen LogP) is 15.7. The number of methoxy groups -OCH3 is 2. The van der Waals surface area contributed by atoms with Crippen molar-refractivity contribution in [3.63, 3.8) is 0 Å². The summed E-state index contributed by atoms with van der Waals surface area (Å²) in [5, 5.41) is 5.24. The Labute approximate surface area is 311 Å². The molecule has 6 aromatic carbocycles. The lowest BCUT2D eigenvalue weighted by molar-refractivity contribution is 0.277. The summed E-state index contributed by atoms with van der Waals surface area (Å²) in [7, 11) is 6.50. The second kappa shape index (κ2) is 60.1. The van der Waals surface area contributed by atoms with Crippen molar-refractivity contribution in [3.8, 4) is 0 Å². The molecule has 0 radical (unpaired) electrons. The summed E-state index contributed by atoms with van der Waals surface area (Å²) in [6.45, 7) is 24.0. The minimum absolute atomic E-state index is 1.31. The number of hydrogen-bond donors (Lipinski definition) is 0. The van der Waals surface area contributed by atoms with Crippen LogP contribution in [0.2, 0.25) is 0 Å². The standard InChI is InChI=1S/2C10H8.2C6H6.2C2H6O.6C2H6/c2*1-2-6-10-8-4-3-7-9(10)5-1;2*1-2-4-6-5-3-1;2*1-3-2;6*1-2/h2*1-8H;2*1-6H;2*1-2H3;6*1-2H3. The van der Waals surface area contributed by atoms with Gasteiger partial charge < -0.3 is 9.47 Å². The maximum Gasteiger partial charge on any atom is 0.0351 e. The minimum atomic E-state index is 1.31. The second-order valence-electron chi connectivity index (χ2n) is 7.82. The summed E-state index contributed by atoms with van der Waals surface area (Å²) >= 11 is 0. The minimum Gasteiger partial charge on any atom is -0.388 e. The van der Waals surface area contributed by atoms with E-state index in [0.717, 1.165) is 0 Å². The smallest absolute Gasteiger partial charge is 0.0351 e. The van der Waals surface area contributed by atoms with Crippen molar-refractivity contribution in [2.24, 2.45) is 0 Å². The first kappa shape index (κ1) is 58.0. The Morgan fingerprint density at radius 2 is 0.280 bits per heavy atom. The van der Waals surface area contributed by atoms with Crippen LogP contribution in [0.1, 0.15) is 83.1 Å². The Morgan fingerprint density at radius 3 is 0.360 bits per heavy atom. The summed E-state index contributed by atoms with van der Waals surface area (Å²) in [5.74, 6) is 0. The van der Waals surface area contributed by atoms with Gasteiger partial charge in [0.05, 0.1) is 0 Å². The van der Waals surface area contributed by atoms with E-state index in [1.165, 1.54) is 21.5 Å². The molecule has 0 unspecified atom stereocenters. The van der Waals surface area contributed by atoms with E-state index in [-0.39, 0.29) is 0 Å². The average molecular weight is 685 g/mol. The molecule has 0 heterocycles. The molecule has 2 heteroatoms. The van der Waals surface area contributed by atoms with Gasteiger partial charge in [-0.1, -0.05) is 253 Å². The molecule has 0 atom stereocenters. The average Bonchev–Trinajstić information content (AvgIpc) is 3.25. The van der Waals surface area contributed by atoms with Gasteiger partial charge in [-0.2, -0.15) is 0 Å². The van der Waals surface area contributed by atoms with E-state index in [2.05, 4.69) is 107 Å². The van der Waals surface area contributed by atoms with Crippen molar-refractivity contribution in [2.45, 2.75) is 83.1 Å². The molecule has 0 aliphatic rings. The number of fused-ring (bicyclic) bond motifs is 2. The molecule has 0 bridgehead atoms. The highest BCUT2D eigenvalue weighted by atomic mass is 16.5. The first-order valence-electron chi connectivity index (χ1n) is 18.4. The van der Waals surface area contributed by atoms with Gasteiger partial charge in [0.15, 0.2) is 0 Å². The Balaban J connectivity index is -0.000000114. The third-order valence-electron chi connectivity index (χ3n) is 4.65. The molecule has 6 rings (SSSR count). The van der Waals surface area contributed by atoms with Gasteiger partial charge in [-0.15, -0.1) is 0 Å². The zero-order valence-electron chi connectivity index (χ0n) is 35.0. The van der Waals surface area contributed by atoms with Crippen LogP contribution >= 0.6 is 0 Å². The van der Waals surface area contributed by atoms with Gasteiger partial charge in [0.1, 0.15) is 0 Å². The Hall–Kier alpha value is -4.24. The largest absolute Gasteiger partial charge is 0.388 e. The van der Waals surface area contributed by atoms with E-state index in [9.17, 15) is 0 Å². The lowest BCUT2D eigenvalue weighted by Crippen LogP contribution is -1.67. The summed E-state index contributed by atoms with van der Waals surface area (Å²) in [6.07, 6.45) is 0. The summed E-state index contributed by atoms with van der Waals surface area (Å²) in [6, 6.07) is 57.4. The van der Waals surface area contributed by atoms with E-state index < -0.39 is 0 Å². The van der Waals surface area contributed by atoms with Crippen LogP contribution in [0.5, 0.6) is 0 Å². The van der Waals surface area contributed by atoms with Crippen LogP contribution in [-0.4, -0.2) is 28.4 Å². The fraction of sp³-hybridized carbons (Fsp3) is 0.333. The number of rotatable bonds is 0. The molecule has 280 valence electrons. The van der Waals surface area contributed by atoms with Crippen LogP contribution < -0.4 is 0 Å². The first-order chi connectivity index (χ1) is 24.8. The second-order valence-corrected chi connectivity index (χ2v) is 7.82. The number of benzene rings is 6. The van der Waals surface area contributed by atoms with Crippen LogP contribution in [0.25, 0.3) is 21.5 Å². The topological polar surface area (TPSA) is 18.5 Å². The summed E-state index contributed by atoms with van der Waals surface area (Å²) < 4.78 is 8.50. The van der Waals surface area contributed by atoms with Gasteiger partial charge in [0, 0.05) is 28.4 Å². The number of hydrogen-bond acceptors (Lipinski definition) is 2. The monoisotopic (exact) mass is 685 g/mol. The number of ether oxygens (including phenoxy) is 2. The lowest BCUT2D eigenvalue weighted by atomic mass is 10.1. The van der Waals surface area contributed by atoms with Crippen molar-refractivity contribution >= 4 is 21.5 Å². The maximum atomic E-state index is 4.25. The summed E-state index contributed by atoms with van der Waals surface area (Å²) in [5.41, 5.74) is 0. The van der Waals surface area contributed by atoms with Crippen LogP contribution in [0.4, 0.5) is 0 Å². The van der Waals surface area contributed by atoms with Crippen LogP contribution in [-0.2, 0) is 9.47 Å². The molecular weight excluding hydrogens is 609 g/mol. The molecule has 0 amide bonds. The van der Waals surface area contributed by atoms with Crippen LogP contribution in [0.3, 0.4) is 0 Å². The molecule has 2 nitrogen and oxygen atoms in total. The van der Waals surface area contributed by atoms with Gasteiger partial charge >= 0.3 is 0 Å². The molecular formula is C48H76O2. The molecule has 0 aliphatic carbocycles. The SMILES string of the molecule is CC.CC.CC.CC.CC.CC.COC.COC.c1ccc2ccccc2c1.c1ccc2ccccc2c1.c1ccccc1.c1ccccc1. The molecule has 0 saturated carbocycles. The zero-order valence-corrected chi connectivity index (χ0v) is 35.0. The van der Waals surface area contributed by atoms with Gasteiger partial charge in [-0.05, 0) is 21.5 Å². The van der Waals surface area contributed by atoms with Crippen molar-refractivity contribution in [1.82, 2.24) is 0 Å². The molecule has 6 aromatic rings. The van der Waals surface area contributed by atoms with Gasteiger partial charge in [0.2, 0.25) is 0 Å². The Bertz CT molecular complexity index is 1010. The third-order valence-corrected chi connectivity index (χ3v) is 4.65. The fourth-order valence-corrected chi connectivity index (χ4v) is 3.04. The van der Waals surface area contributed by atoms with Crippen molar-refractivity contribution < 1.29 is 9.47 Å². The molecule has 0 spiro atoms. The van der Waals surface area contributed by atoms with E-state index in [4.69, 9.17) is 0 Å². The lowest BCUT2D eigenvalue weighted by Gasteiger charge is -1.92. The predicted molar refractivity (Wildman–Crippen MR) is 235 cm³/mol. The molecule has 0 saturated heterocycles. The van der Waals surface area contributed by atoms with Crippen molar-refractivity contribution in [1.29, 1.82) is 0 Å². The third kappa shape index (κ3) is 41.8. The molecule has 0 N–H and O–H groups in total. The van der Waals surface area contributed by atoms with E-state index in [1.54, 1.807) is 28.4 Å². The Morgan fingerprint density at radius 1 is 0.200 bits per heavy atom. The van der Waals surface area contributed by atoms with Crippen molar-refractivity contribution in [3.05, 3.63) is 170 Å². The molecule has 0 aromatic heterocycles. The summed E-state index contributed by atoms with van der Waals surface area (Å²) in [4.78, 5) is 0. The Kier molecular flexibility index (Phi) is 69.7. The molecule has 50 heavy (non-hydrogen) atoms. The molecule has 0 aliphatic heterocycles. The highest BCUT2D eigenvalue weighted by Crippen LogP contribution is 2.12. The zero-order chi connectivity index (χ0) is 39.5. The van der Waals surface area contributed by atoms with Crippen LogP contribution in [0.15, 0.2) is 170 Å². The van der Waals surface area contributed by atoms with Crippen molar-refractivity contribution in [2.75, 3.05) is 28.4 Å². The van der Waals surface area contributed by atoms with Gasteiger partial charge in [-0.25, -0.2) is 0 Å². The van der Waals surface area contributed by atoms with E-state index >= 15 is 0 Å². The van der Waals surface area contributed by atoms with E-state index in [0.29, 0.717) is 0 Å². The fourth-order valence-electron chi connectivity index (χ4n) is 3.04. The normalized spacial score (nSPS) is 7.36. The maximum absolute atomic E-state index is 4.25. The van der Waals surface area contributed by atoms with Gasteiger partial charge in [-0.3, -0.25) is 0 Å². The van der Waals surface area contributed by atoms with Gasteiger partial charge in [0.25, 0.3) is 0 Å².